The van der Waals surface area contributed by atoms with Crippen molar-refractivity contribution in [2.24, 2.45) is 0 Å². The minimum absolute atomic E-state index is 0.143. The molecule has 0 spiro atoms. The molecule has 0 aliphatic heterocycles. The number of nitrogens with one attached hydrogen (secondary N) is 1. The molecule has 3 nitrogen and oxygen atoms in total. The fourth-order valence-electron chi connectivity index (χ4n) is 2.01. The SMILES string of the molecule is CCCc1ccc(NC(=O)/C=C/c2ccc(N)cc2)cc1. The van der Waals surface area contributed by atoms with E-state index in [4.69, 9.17) is 5.73 Å². The average Bonchev–Trinajstić information content (AvgIpc) is 2.49. The van der Waals surface area contributed by atoms with Crippen molar-refractivity contribution < 1.29 is 4.79 Å². The predicted molar refractivity (Wildman–Crippen MR) is 89.0 cm³/mol. The third-order valence-corrected chi connectivity index (χ3v) is 3.12. The van der Waals surface area contributed by atoms with E-state index < -0.39 is 0 Å². The van der Waals surface area contributed by atoms with Crippen molar-refractivity contribution in [1.29, 1.82) is 0 Å². The Balaban J connectivity index is 1.93. The zero-order chi connectivity index (χ0) is 15.1. The van der Waals surface area contributed by atoms with E-state index >= 15 is 0 Å². The summed E-state index contributed by atoms with van der Waals surface area (Å²) >= 11 is 0. The molecule has 1 amide bonds. The molecule has 0 unspecified atom stereocenters. The Hall–Kier alpha value is -2.55. The van der Waals surface area contributed by atoms with Crippen LogP contribution in [0.5, 0.6) is 0 Å². The highest BCUT2D eigenvalue weighted by atomic mass is 16.1. The van der Waals surface area contributed by atoms with Gasteiger partial charge < -0.3 is 11.1 Å². The number of carbonyl (C=O) groups is 1. The van der Waals surface area contributed by atoms with Crippen molar-refractivity contribution in [2.45, 2.75) is 19.8 Å². The van der Waals surface area contributed by atoms with Crippen LogP contribution >= 0.6 is 0 Å². The van der Waals surface area contributed by atoms with Crippen molar-refractivity contribution in [1.82, 2.24) is 0 Å². The van der Waals surface area contributed by atoms with Crippen LogP contribution in [0.25, 0.3) is 6.08 Å². The fourth-order valence-corrected chi connectivity index (χ4v) is 2.01. The number of carbonyl (C=O) groups excluding carboxylic acids is 1. The van der Waals surface area contributed by atoms with Crippen LogP contribution in [0.1, 0.15) is 24.5 Å². The van der Waals surface area contributed by atoms with Crippen LogP contribution in [0.2, 0.25) is 0 Å². The summed E-state index contributed by atoms with van der Waals surface area (Å²) in [7, 11) is 0. The minimum atomic E-state index is -0.143. The first-order valence-corrected chi connectivity index (χ1v) is 7.11. The summed E-state index contributed by atoms with van der Waals surface area (Å²) in [6.07, 6.45) is 5.47. The van der Waals surface area contributed by atoms with Gasteiger partial charge in [0.1, 0.15) is 0 Å². The van der Waals surface area contributed by atoms with Gasteiger partial charge in [-0.3, -0.25) is 4.79 Å². The predicted octanol–water partition coefficient (Wildman–Crippen LogP) is 3.87. The van der Waals surface area contributed by atoms with Gasteiger partial charge >= 0.3 is 0 Å². The van der Waals surface area contributed by atoms with E-state index in [1.54, 1.807) is 6.08 Å². The molecule has 0 aromatic heterocycles. The van der Waals surface area contributed by atoms with E-state index in [9.17, 15) is 4.79 Å². The molecular weight excluding hydrogens is 260 g/mol. The lowest BCUT2D eigenvalue weighted by molar-refractivity contribution is -0.111. The van der Waals surface area contributed by atoms with Crippen LogP contribution in [0.4, 0.5) is 11.4 Å². The molecule has 2 aromatic rings. The Bertz CT molecular complexity index is 613. The Labute approximate surface area is 125 Å². The summed E-state index contributed by atoms with van der Waals surface area (Å²) in [5.74, 6) is -0.143. The summed E-state index contributed by atoms with van der Waals surface area (Å²) in [4.78, 5) is 11.8. The number of benzene rings is 2. The van der Waals surface area contributed by atoms with Crippen molar-refractivity contribution in [3.8, 4) is 0 Å². The van der Waals surface area contributed by atoms with E-state index in [-0.39, 0.29) is 5.91 Å². The first-order valence-electron chi connectivity index (χ1n) is 7.11. The van der Waals surface area contributed by atoms with Gasteiger partial charge in [-0.25, -0.2) is 0 Å². The van der Waals surface area contributed by atoms with Crippen molar-refractivity contribution in [3.63, 3.8) is 0 Å². The van der Waals surface area contributed by atoms with Crippen molar-refractivity contribution in [3.05, 3.63) is 65.7 Å². The molecule has 2 aromatic carbocycles. The maximum atomic E-state index is 11.8. The first kappa shape index (κ1) is 14.9. The monoisotopic (exact) mass is 280 g/mol. The highest BCUT2D eigenvalue weighted by Gasteiger charge is 1.98. The maximum absolute atomic E-state index is 11.8. The smallest absolute Gasteiger partial charge is 0.248 e. The summed E-state index contributed by atoms with van der Waals surface area (Å²) in [6, 6.07) is 15.3. The lowest BCUT2D eigenvalue weighted by Gasteiger charge is -2.04. The molecule has 0 aliphatic rings. The molecule has 21 heavy (non-hydrogen) atoms. The van der Waals surface area contributed by atoms with Gasteiger partial charge in [-0.15, -0.1) is 0 Å². The molecule has 3 heteroatoms. The summed E-state index contributed by atoms with van der Waals surface area (Å²) in [5, 5.41) is 2.84. The zero-order valence-electron chi connectivity index (χ0n) is 12.2. The van der Waals surface area contributed by atoms with Crippen molar-refractivity contribution in [2.75, 3.05) is 11.1 Å². The van der Waals surface area contributed by atoms with E-state index in [1.165, 1.54) is 11.6 Å². The Morgan fingerprint density at radius 3 is 2.38 bits per heavy atom. The number of rotatable bonds is 5. The quantitative estimate of drug-likeness (QED) is 0.645. The van der Waals surface area contributed by atoms with E-state index in [1.807, 2.05) is 48.5 Å². The summed E-state index contributed by atoms with van der Waals surface area (Å²) in [5.41, 5.74) is 9.36. The van der Waals surface area contributed by atoms with E-state index in [0.717, 1.165) is 24.1 Å². The second kappa shape index (κ2) is 7.29. The zero-order valence-corrected chi connectivity index (χ0v) is 12.2. The topological polar surface area (TPSA) is 55.1 Å². The highest BCUT2D eigenvalue weighted by Crippen LogP contribution is 2.11. The Morgan fingerprint density at radius 1 is 1.10 bits per heavy atom. The number of amides is 1. The number of aryl methyl sites for hydroxylation is 1. The second-order valence-electron chi connectivity index (χ2n) is 4.94. The van der Waals surface area contributed by atoms with Crippen LogP contribution in [0, 0.1) is 0 Å². The molecular formula is C18H20N2O. The molecule has 0 fully saturated rings. The van der Waals surface area contributed by atoms with Gasteiger partial charge in [0.05, 0.1) is 0 Å². The lowest BCUT2D eigenvalue weighted by Crippen LogP contribution is -2.07. The summed E-state index contributed by atoms with van der Waals surface area (Å²) in [6.45, 7) is 2.15. The van der Waals surface area contributed by atoms with Crippen LogP contribution in [-0.4, -0.2) is 5.91 Å². The second-order valence-corrected chi connectivity index (χ2v) is 4.94. The van der Waals surface area contributed by atoms with Crippen LogP contribution < -0.4 is 11.1 Å². The molecule has 0 saturated heterocycles. The number of hydrogen-bond acceptors (Lipinski definition) is 2. The molecule has 0 heterocycles. The maximum Gasteiger partial charge on any atom is 0.248 e. The molecule has 0 atom stereocenters. The minimum Gasteiger partial charge on any atom is -0.399 e. The van der Waals surface area contributed by atoms with Crippen LogP contribution in [0.3, 0.4) is 0 Å². The molecule has 0 saturated carbocycles. The fraction of sp³-hybridized carbons (Fsp3) is 0.167. The third-order valence-electron chi connectivity index (χ3n) is 3.12. The Morgan fingerprint density at radius 2 is 1.76 bits per heavy atom. The first-order chi connectivity index (χ1) is 10.2. The van der Waals surface area contributed by atoms with E-state index in [0.29, 0.717) is 5.69 Å². The molecule has 3 N–H and O–H groups in total. The Kier molecular flexibility index (Phi) is 5.16. The van der Waals surface area contributed by atoms with Gasteiger partial charge in [-0.05, 0) is 47.9 Å². The number of anilines is 2. The molecule has 108 valence electrons. The van der Waals surface area contributed by atoms with Crippen molar-refractivity contribution >= 4 is 23.4 Å². The number of hydrogen-bond donors (Lipinski definition) is 2. The van der Waals surface area contributed by atoms with Gasteiger partial charge in [0, 0.05) is 17.5 Å². The standard InChI is InChI=1S/C18H20N2O/c1-2-3-14-6-11-17(12-7-14)20-18(21)13-8-15-4-9-16(19)10-5-15/h4-13H,2-3,19H2,1H3,(H,20,21)/b13-8+. The normalized spacial score (nSPS) is 10.7. The number of nitrogen functional groups attached to an aromatic ring is 1. The van der Waals surface area contributed by atoms with Gasteiger partial charge in [0.25, 0.3) is 0 Å². The number of nitrogens with two attached hydrogens (primary N) is 1. The van der Waals surface area contributed by atoms with Crippen LogP contribution in [-0.2, 0) is 11.2 Å². The van der Waals surface area contributed by atoms with Crippen LogP contribution in [0.15, 0.2) is 54.6 Å². The highest BCUT2D eigenvalue weighted by molar-refractivity contribution is 6.01. The molecule has 0 aliphatic carbocycles. The lowest BCUT2D eigenvalue weighted by atomic mass is 10.1. The molecule has 0 bridgehead atoms. The van der Waals surface area contributed by atoms with Gasteiger partial charge in [0.15, 0.2) is 0 Å². The van der Waals surface area contributed by atoms with E-state index in [2.05, 4.69) is 12.2 Å². The largest absolute Gasteiger partial charge is 0.399 e. The third kappa shape index (κ3) is 4.80. The summed E-state index contributed by atoms with van der Waals surface area (Å²) < 4.78 is 0. The van der Waals surface area contributed by atoms with Gasteiger partial charge in [-0.1, -0.05) is 37.6 Å². The molecule has 2 rings (SSSR count). The van der Waals surface area contributed by atoms with Gasteiger partial charge in [-0.2, -0.15) is 0 Å². The van der Waals surface area contributed by atoms with Gasteiger partial charge in [0.2, 0.25) is 5.91 Å². The molecule has 0 radical (unpaired) electrons. The average molecular weight is 280 g/mol.